The third-order valence-electron chi connectivity index (χ3n) is 4.44. The number of carbonyl (C=O) groups excluding carboxylic acids is 2. The molecule has 0 fully saturated rings. The summed E-state index contributed by atoms with van der Waals surface area (Å²) in [5.74, 6) is -3.01. The van der Waals surface area contributed by atoms with Gasteiger partial charge in [-0.05, 0) is 18.2 Å². The Labute approximate surface area is 170 Å². The molecule has 158 valence electrons. The molecule has 0 aliphatic rings. The Bertz CT molecular complexity index is 1380. The van der Waals surface area contributed by atoms with Crippen molar-refractivity contribution in [2.75, 3.05) is 0 Å². The van der Waals surface area contributed by atoms with Crippen LogP contribution in [0.5, 0.6) is 0 Å². The Kier molecular flexibility index (Phi) is 4.89. The van der Waals surface area contributed by atoms with Gasteiger partial charge in [0.1, 0.15) is 6.54 Å². The van der Waals surface area contributed by atoms with Crippen molar-refractivity contribution in [3.8, 4) is 0 Å². The van der Waals surface area contributed by atoms with E-state index in [1.54, 1.807) is 12.1 Å². The van der Waals surface area contributed by atoms with E-state index < -0.39 is 35.9 Å². The number of benzene rings is 2. The second kappa shape index (κ2) is 7.55. The van der Waals surface area contributed by atoms with Crippen LogP contribution in [0.15, 0.2) is 53.3 Å². The number of para-hydroxylation sites is 2. The number of H-pyrrole nitrogens is 1. The first kappa shape index (κ1) is 20.1. The predicted molar refractivity (Wildman–Crippen MR) is 103 cm³/mol. The smallest absolute Gasteiger partial charge is 0.311 e. The molecule has 12 heteroatoms. The van der Waals surface area contributed by atoms with Gasteiger partial charge in [0.05, 0.1) is 16.4 Å². The maximum absolute atomic E-state index is 13.3. The molecule has 0 saturated carbocycles. The molecule has 2 amide bonds. The van der Waals surface area contributed by atoms with Gasteiger partial charge in [0.15, 0.2) is 5.69 Å². The van der Waals surface area contributed by atoms with Crippen molar-refractivity contribution in [2.45, 2.75) is 12.7 Å². The van der Waals surface area contributed by atoms with E-state index in [2.05, 4.69) is 26.0 Å². The zero-order valence-corrected chi connectivity index (χ0v) is 15.5. The van der Waals surface area contributed by atoms with Crippen molar-refractivity contribution in [1.82, 2.24) is 30.6 Å². The molecular weight excluding hydrogens is 417 g/mol. The van der Waals surface area contributed by atoms with Crippen molar-refractivity contribution in [3.05, 3.63) is 70.4 Å². The van der Waals surface area contributed by atoms with Crippen LogP contribution in [-0.2, 0) is 17.5 Å². The fourth-order valence-corrected chi connectivity index (χ4v) is 3.11. The van der Waals surface area contributed by atoms with Crippen molar-refractivity contribution < 1.29 is 22.8 Å². The zero-order chi connectivity index (χ0) is 22.2. The number of fused-ring (bicyclic) bond motifs is 2. The fraction of sp³-hybridized carbons (Fsp3) is 0.105. The lowest BCUT2D eigenvalue weighted by atomic mass is 10.1. The average Bonchev–Trinajstić information content (AvgIpc) is 3.11. The van der Waals surface area contributed by atoms with Crippen molar-refractivity contribution in [2.24, 2.45) is 0 Å². The number of amides is 2. The van der Waals surface area contributed by atoms with Gasteiger partial charge in [-0.2, -0.15) is 18.3 Å². The van der Waals surface area contributed by atoms with Gasteiger partial charge in [-0.3, -0.25) is 25.2 Å². The highest BCUT2D eigenvalue weighted by Crippen LogP contribution is 2.31. The molecule has 0 radical (unpaired) electrons. The Hall–Kier alpha value is -4.22. The molecule has 0 atom stereocenters. The maximum atomic E-state index is 13.3. The number of alkyl halides is 3. The Balaban J connectivity index is 1.54. The minimum Gasteiger partial charge on any atom is -0.311 e. The fourth-order valence-electron chi connectivity index (χ4n) is 3.11. The standard InChI is InChI=1S/C19H13F3N6O3/c20-19(21,22)18-23-12-7-3-4-8-13(12)28(18)9-14(29)24-27-17(31)15-10-5-1-2-6-11(10)16(30)26-25-15/h1-8H,9H2,(H,24,29)(H,26,30)(H,27,31). The van der Waals surface area contributed by atoms with E-state index in [4.69, 9.17) is 0 Å². The summed E-state index contributed by atoms with van der Waals surface area (Å²) in [6, 6.07) is 12.0. The number of carbonyl (C=O) groups is 2. The van der Waals surface area contributed by atoms with Crippen LogP contribution in [0.1, 0.15) is 16.3 Å². The molecule has 2 aromatic heterocycles. The quantitative estimate of drug-likeness (QED) is 0.428. The molecule has 4 rings (SSSR count). The van der Waals surface area contributed by atoms with E-state index in [0.717, 1.165) is 0 Å². The first-order chi connectivity index (χ1) is 14.8. The first-order valence-corrected chi connectivity index (χ1v) is 8.85. The number of hydrazine groups is 1. The number of hydrogen-bond acceptors (Lipinski definition) is 5. The second-order valence-electron chi connectivity index (χ2n) is 6.46. The second-order valence-corrected chi connectivity index (χ2v) is 6.46. The lowest BCUT2D eigenvalue weighted by Crippen LogP contribution is -2.44. The summed E-state index contributed by atoms with van der Waals surface area (Å²) in [7, 11) is 0. The van der Waals surface area contributed by atoms with E-state index in [-0.39, 0.29) is 27.5 Å². The molecule has 0 bridgehead atoms. The number of imidazole rings is 1. The van der Waals surface area contributed by atoms with Crippen molar-refractivity contribution in [3.63, 3.8) is 0 Å². The lowest BCUT2D eigenvalue weighted by molar-refractivity contribution is -0.147. The minimum absolute atomic E-state index is 0.0792. The third-order valence-corrected chi connectivity index (χ3v) is 4.44. The summed E-state index contributed by atoms with van der Waals surface area (Å²) in [5, 5.41) is 6.32. The normalized spacial score (nSPS) is 11.6. The molecule has 0 aliphatic carbocycles. The summed E-state index contributed by atoms with van der Waals surface area (Å²) in [6.45, 7) is -0.741. The SMILES string of the molecule is O=C(Cn1c(C(F)(F)F)nc2ccccc21)NNC(=O)c1n[nH]c(=O)c2ccccc12. The molecular formula is C19H13F3N6O3. The number of aromatic nitrogens is 4. The highest BCUT2D eigenvalue weighted by molar-refractivity contribution is 6.05. The van der Waals surface area contributed by atoms with Crippen LogP contribution in [-0.4, -0.2) is 31.6 Å². The van der Waals surface area contributed by atoms with E-state index in [0.29, 0.717) is 4.57 Å². The topological polar surface area (TPSA) is 122 Å². The van der Waals surface area contributed by atoms with E-state index in [9.17, 15) is 27.6 Å². The van der Waals surface area contributed by atoms with Crippen LogP contribution >= 0.6 is 0 Å². The molecule has 0 spiro atoms. The summed E-state index contributed by atoms with van der Waals surface area (Å²) >= 11 is 0. The molecule has 31 heavy (non-hydrogen) atoms. The van der Waals surface area contributed by atoms with Crippen molar-refractivity contribution in [1.29, 1.82) is 0 Å². The number of aromatic amines is 1. The zero-order valence-electron chi connectivity index (χ0n) is 15.5. The molecule has 0 aliphatic heterocycles. The largest absolute Gasteiger partial charge is 0.449 e. The Morgan fingerprint density at radius 1 is 1.00 bits per heavy atom. The highest BCUT2D eigenvalue weighted by Gasteiger charge is 2.38. The van der Waals surface area contributed by atoms with Gasteiger partial charge in [-0.15, -0.1) is 0 Å². The monoisotopic (exact) mass is 430 g/mol. The number of hydrogen-bond donors (Lipinski definition) is 3. The Morgan fingerprint density at radius 2 is 1.68 bits per heavy atom. The van der Waals surface area contributed by atoms with Gasteiger partial charge < -0.3 is 4.57 Å². The Morgan fingerprint density at radius 3 is 2.42 bits per heavy atom. The van der Waals surface area contributed by atoms with Crippen LogP contribution in [0.4, 0.5) is 13.2 Å². The average molecular weight is 430 g/mol. The van der Waals surface area contributed by atoms with Crippen LogP contribution in [0, 0.1) is 0 Å². The molecule has 2 heterocycles. The molecule has 2 aromatic carbocycles. The third kappa shape index (κ3) is 3.82. The van der Waals surface area contributed by atoms with Crippen LogP contribution in [0.3, 0.4) is 0 Å². The summed E-state index contributed by atoms with van der Waals surface area (Å²) in [5.41, 5.74) is 3.68. The molecule has 9 nitrogen and oxygen atoms in total. The van der Waals surface area contributed by atoms with E-state index >= 15 is 0 Å². The van der Waals surface area contributed by atoms with Crippen molar-refractivity contribution >= 4 is 33.6 Å². The van der Waals surface area contributed by atoms with Crippen LogP contribution in [0.2, 0.25) is 0 Å². The van der Waals surface area contributed by atoms with E-state index in [1.165, 1.54) is 36.4 Å². The van der Waals surface area contributed by atoms with Gasteiger partial charge in [0.25, 0.3) is 17.4 Å². The van der Waals surface area contributed by atoms with Crippen LogP contribution in [0.25, 0.3) is 21.8 Å². The molecule has 0 unspecified atom stereocenters. The van der Waals surface area contributed by atoms with Gasteiger partial charge >= 0.3 is 6.18 Å². The lowest BCUT2D eigenvalue weighted by Gasteiger charge is -2.12. The summed E-state index contributed by atoms with van der Waals surface area (Å²) in [6.07, 6.45) is -4.78. The summed E-state index contributed by atoms with van der Waals surface area (Å²) in [4.78, 5) is 40.0. The summed E-state index contributed by atoms with van der Waals surface area (Å²) < 4.78 is 40.7. The number of halogens is 3. The van der Waals surface area contributed by atoms with Gasteiger partial charge in [0.2, 0.25) is 5.82 Å². The molecule has 3 N–H and O–H groups in total. The van der Waals surface area contributed by atoms with Gasteiger partial charge in [-0.25, -0.2) is 10.1 Å². The van der Waals surface area contributed by atoms with Gasteiger partial charge in [-0.1, -0.05) is 30.3 Å². The van der Waals surface area contributed by atoms with Gasteiger partial charge in [0, 0.05) is 5.39 Å². The number of nitrogens with one attached hydrogen (secondary N) is 3. The van der Waals surface area contributed by atoms with Crippen LogP contribution < -0.4 is 16.4 Å². The van der Waals surface area contributed by atoms with E-state index in [1.807, 2.05) is 0 Å². The first-order valence-electron chi connectivity index (χ1n) is 8.85. The predicted octanol–water partition coefficient (Wildman–Crippen LogP) is 1.75. The number of nitrogens with zero attached hydrogens (tertiary/aromatic N) is 3. The maximum Gasteiger partial charge on any atom is 0.449 e. The molecule has 4 aromatic rings. The molecule has 0 saturated heterocycles. The highest BCUT2D eigenvalue weighted by atomic mass is 19.4. The minimum atomic E-state index is -4.78. The number of rotatable bonds is 3.